The summed E-state index contributed by atoms with van der Waals surface area (Å²) >= 11 is 11.9. The van der Waals surface area contributed by atoms with Crippen LogP contribution in [0.15, 0.2) is 118 Å². The Hall–Kier alpha value is -1.25. The summed E-state index contributed by atoms with van der Waals surface area (Å²) in [5.41, 5.74) is 1.28. The second-order valence-electron chi connectivity index (χ2n) is 7.08. The van der Waals surface area contributed by atoms with E-state index in [2.05, 4.69) is 157 Å². The maximum atomic E-state index is 4.50. The summed E-state index contributed by atoms with van der Waals surface area (Å²) in [6, 6.07) is 39.1. The van der Waals surface area contributed by atoms with Gasteiger partial charge in [0.15, 0.2) is 0 Å². The Morgan fingerprint density at radius 1 is 0.552 bits per heavy atom. The Kier molecular flexibility index (Phi) is 6.14. The van der Waals surface area contributed by atoms with Crippen LogP contribution in [0.4, 0.5) is 0 Å². The van der Waals surface area contributed by atoms with Gasteiger partial charge in [-0.3, -0.25) is 0 Å². The second-order valence-corrected chi connectivity index (χ2v) is 17.8. The Balaban J connectivity index is 2.09. The molecule has 0 heterocycles. The summed E-state index contributed by atoms with van der Waals surface area (Å²) in [4.78, 5) is 0. The van der Waals surface area contributed by atoms with E-state index in [0.29, 0.717) is 0 Å². The molecule has 4 aromatic rings. The number of hydrogen-bond donors (Lipinski definition) is 0. The number of rotatable bonds is 5. The van der Waals surface area contributed by atoms with Crippen molar-refractivity contribution < 1.29 is 0 Å². The Labute approximate surface area is 197 Å². The van der Waals surface area contributed by atoms with Gasteiger partial charge in [-0.2, -0.15) is 0 Å². The molecule has 0 bridgehead atoms. The van der Waals surface area contributed by atoms with E-state index in [1.807, 2.05) is 0 Å². The normalized spacial score (nSPS) is 12.9. The molecule has 4 aromatic carbocycles. The van der Waals surface area contributed by atoms with Gasteiger partial charge in [-0.15, -0.1) is 0 Å². The molecular formula is C25H20Br3P. The minimum absolute atomic E-state index is 0.873. The molecule has 0 unspecified atom stereocenters. The van der Waals surface area contributed by atoms with Gasteiger partial charge in [0, 0.05) is 0 Å². The van der Waals surface area contributed by atoms with Gasteiger partial charge in [0.05, 0.1) is 0 Å². The molecule has 146 valence electrons. The maximum absolute atomic E-state index is 4.50. The monoisotopic (exact) mass is 588 g/mol. The first kappa shape index (κ1) is 21.0. The van der Waals surface area contributed by atoms with Gasteiger partial charge < -0.3 is 0 Å². The molecule has 0 fully saturated rings. The van der Waals surface area contributed by atoms with E-state index in [-0.39, 0.29) is 0 Å². The SMILES string of the molecule is Brc1ccc(CP(Br)(c2ccccc2)(c2ccccc2)c2ccccc2)c(Br)c1. The standard InChI is InChI=1S/C25H20Br3P/c26-21-17-16-20(25(27)18-21)19-29(28,22-10-4-1-5-11-22,23-12-6-2-7-13-23)24-14-8-3-9-15-24/h1-18H,19H2. The first-order chi connectivity index (χ1) is 14.0. The van der Waals surface area contributed by atoms with Crippen LogP contribution in [-0.4, -0.2) is 0 Å². The molecule has 0 amide bonds. The molecule has 0 saturated heterocycles. The van der Waals surface area contributed by atoms with Crippen molar-refractivity contribution >= 4 is 68.6 Å². The van der Waals surface area contributed by atoms with Gasteiger partial charge in [-0.05, 0) is 0 Å². The fourth-order valence-corrected chi connectivity index (χ4v) is 13.0. The van der Waals surface area contributed by atoms with E-state index in [9.17, 15) is 0 Å². The summed E-state index contributed by atoms with van der Waals surface area (Å²) in [7, 11) is 0. The van der Waals surface area contributed by atoms with E-state index < -0.39 is 5.31 Å². The second kappa shape index (κ2) is 8.47. The zero-order valence-corrected chi connectivity index (χ0v) is 21.3. The van der Waals surface area contributed by atoms with E-state index in [4.69, 9.17) is 0 Å². The van der Waals surface area contributed by atoms with E-state index >= 15 is 0 Å². The molecule has 4 rings (SSSR count). The van der Waals surface area contributed by atoms with Gasteiger partial charge >= 0.3 is 198 Å². The van der Waals surface area contributed by atoms with Gasteiger partial charge in [-0.25, -0.2) is 0 Å². The van der Waals surface area contributed by atoms with E-state index in [1.165, 1.54) is 21.5 Å². The molecule has 0 aliphatic rings. The number of hydrogen-bond acceptors (Lipinski definition) is 0. The molecule has 0 nitrogen and oxygen atoms in total. The van der Waals surface area contributed by atoms with Crippen LogP contribution in [-0.2, 0) is 6.16 Å². The molecule has 0 spiro atoms. The van der Waals surface area contributed by atoms with Crippen LogP contribution < -0.4 is 15.9 Å². The Morgan fingerprint density at radius 2 is 0.966 bits per heavy atom. The van der Waals surface area contributed by atoms with Crippen molar-refractivity contribution in [1.82, 2.24) is 0 Å². The van der Waals surface area contributed by atoms with Crippen LogP contribution in [0.3, 0.4) is 0 Å². The van der Waals surface area contributed by atoms with Crippen LogP contribution in [0.25, 0.3) is 0 Å². The summed E-state index contributed by atoms with van der Waals surface area (Å²) in [5.74, 6) is 0. The molecule has 0 saturated carbocycles. The topological polar surface area (TPSA) is 0 Å². The average molecular weight is 591 g/mol. The predicted octanol–water partition coefficient (Wildman–Crippen LogP) is 7.55. The van der Waals surface area contributed by atoms with Crippen LogP contribution in [0, 0.1) is 0 Å². The Morgan fingerprint density at radius 3 is 1.34 bits per heavy atom. The third kappa shape index (κ3) is 3.79. The average Bonchev–Trinajstić information content (AvgIpc) is 2.78. The molecule has 0 aliphatic heterocycles. The van der Waals surface area contributed by atoms with Crippen molar-refractivity contribution in [2.24, 2.45) is 0 Å². The third-order valence-corrected chi connectivity index (χ3v) is 16.1. The molecular weight excluding hydrogens is 571 g/mol. The molecule has 29 heavy (non-hydrogen) atoms. The summed E-state index contributed by atoms with van der Waals surface area (Å²) in [5, 5.41) is 1.01. The quantitative estimate of drug-likeness (QED) is 0.211. The molecule has 0 atom stereocenters. The summed E-state index contributed by atoms with van der Waals surface area (Å²) in [6.45, 7) is 0. The Bertz CT molecular complexity index is 1010. The number of halogens is 3. The minimum atomic E-state index is -2.96. The van der Waals surface area contributed by atoms with Crippen molar-refractivity contribution in [2.75, 3.05) is 0 Å². The van der Waals surface area contributed by atoms with Gasteiger partial charge in [0.1, 0.15) is 0 Å². The van der Waals surface area contributed by atoms with Crippen molar-refractivity contribution in [1.29, 1.82) is 0 Å². The third-order valence-electron chi connectivity index (χ3n) is 5.37. The predicted molar refractivity (Wildman–Crippen MR) is 140 cm³/mol. The molecule has 0 N–H and O–H groups in total. The first-order valence-corrected chi connectivity index (χ1v) is 15.4. The zero-order valence-electron chi connectivity index (χ0n) is 15.7. The van der Waals surface area contributed by atoms with Crippen LogP contribution in [0.1, 0.15) is 5.56 Å². The van der Waals surface area contributed by atoms with E-state index in [1.54, 1.807) is 0 Å². The molecule has 0 aliphatic carbocycles. The van der Waals surface area contributed by atoms with Crippen molar-refractivity contribution in [3.8, 4) is 0 Å². The zero-order chi connectivity index (χ0) is 20.3. The number of benzene rings is 4. The van der Waals surface area contributed by atoms with Crippen molar-refractivity contribution in [3.63, 3.8) is 0 Å². The molecule has 0 radical (unpaired) electrons. The van der Waals surface area contributed by atoms with Crippen LogP contribution in [0.5, 0.6) is 0 Å². The van der Waals surface area contributed by atoms with Crippen molar-refractivity contribution in [3.05, 3.63) is 124 Å². The first-order valence-electron chi connectivity index (χ1n) is 9.36. The summed E-state index contributed by atoms with van der Waals surface area (Å²) in [6.07, 6.45) is 0.873. The van der Waals surface area contributed by atoms with Crippen LogP contribution >= 0.6 is 52.7 Å². The molecule has 0 aromatic heterocycles. The fraction of sp³-hybridized carbons (Fsp3) is 0.0400. The molecule has 4 heteroatoms. The van der Waals surface area contributed by atoms with E-state index in [0.717, 1.165) is 15.1 Å². The van der Waals surface area contributed by atoms with Crippen molar-refractivity contribution in [2.45, 2.75) is 6.16 Å². The van der Waals surface area contributed by atoms with Gasteiger partial charge in [0.2, 0.25) is 0 Å². The van der Waals surface area contributed by atoms with Crippen LogP contribution in [0.2, 0.25) is 0 Å². The van der Waals surface area contributed by atoms with Gasteiger partial charge in [-0.1, -0.05) is 0 Å². The fourth-order valence-electron chi connectivity index (χ4n) is 3.91. The van der Waals surface area contributed by atoms with Gasteiger partial charge in [0.25, 0.3) is 0 Å². The summed E-state index contributed by atoms with van der Waals surface area (Å²) < 4.78 is 2.19.